The number of amides is 1. The maximum absolute atomic E-state index is 12.3. The van der Waals surface area contributed by atoms with Gasteiger partial charge in [0, 0.05) is 19.0 Å². The Balaban J connectivity index is 1.78. The van der Waals surface area contributed by atoms with Crippen molar-refractivity contribution < 1.29 is 14.3 Å². The Morgan fingerprint density at radius 2 is 1.80 bits per heavy atom. The summed E-state index contributed by atoms with van der Waals surface area (Å²) >= 11 is 0. The van der Waals surface area contributed by atoms with Crippen molar-refractivity contribution in [3.8, 4) is 0 Å². The van der Waals surface area contributed by atoms with E-state index in [1.165, 1.54) is 19.3 Å². The Bertz CT molecular complexity index is 368. The predicted molar refractivity (Wildman–Crippen MR) is 77.2 cm³/mol. The molecule has 0 radical (unpaired) electrons. The smallest absolute Gasteiger partial charge is 0.306 e. The largest absolute Gasteiger partial charge is 0.460 e. The SMILES string of the molecule is CC(C)(C)OC(=O)CCC(=O)N1CCC[C@H]1C1CCC1. The van der Waals surface area contributed by atoms with Crippen LogP contribution in [0.5, 0.6) is 0 Å². The first-order chi connectivity index (χ1) is 9.37. The van der Waals surface area contributed by atoms with Crippen LogP contribution in [0.25, 0.3) is 0 Å². The standard InChI is InChI=1S/C16H27NO3/c1-16(2,3)20-15(19)10-9-14(18)17-11-5-8-13(17)12-6-4-7-12/h12-13H,4-11H2,1-3H3/t13-/m0/s1. The van der Waals surface area contributed by atoms with Gasteiger partial charge in [-0.25, -0.2) is 0 Å². The maximum Gasteiger partial charge on any atom is 0.306 e. The van der Waals surface area contributed by atoms with E-state index in [0.717, 1.165) is 19.4 Å². The molecule has 2 rings (SSSR count). The van der Waals surface area contributed by atoms with Crippen molar-refractivity contribution in [1.82, 2.24) is 4.90 Å². The quantitative estimate of drug-likeness (QED) is 0.744. The third-order valence-electron chi connectivity index (χ3n) is 4.28. The number of carbonyl (C=O) groups excluding carboxylic acids is 2. The van der Waals surface area contributed by atoms with Gasteiger partial charge >= 0.3 is 5.97 Å². The molecular weight excluding hydrogens is 254 g/mol. The summed E-state index contributed by atoms with van der Waals surface area (Å²) < 4.78 is 5.25. The highest BCUT2D eigenvalue weighted by molar-refractivity contribution is 5.82. The van der Waals surface area contributed by atoms with Gasteiger partial charge in [-0.15, -0.1) is 0 Å². The van der Waals surface area contributed by atoms with E-state index in [0.29, 0.717) is 12.0 Å². The summed E-state index contributed by atoms with van der Waals surface area (Å²) in [5.74, 6) is 0.568. The molecule has 0 unspecified atom stereocenters. The summed E-state index contributed by atoms with van der Waals surface area (Å²) in [4.78, 5) is 26.0. The minimum Gasteiger partial charge on any atom is -0.460 e. The number of likely N-dealkylation sites (tertiary alicyclic amines) is 1. The molecule has 0 bridgehead atoms. The highest BCUT2D eigenvalue weighted by atomic mass is 16.6. The van der Waals surface area contributed by atoms with Crippen molar-refractivity contribution in [1.29, 1.82) is 0 Å². The van der Waals surface area contributed by atoms with Crippen molar-refractivity contribution in [3.63, 3.8) is 0 Å². The first-order valence-corrected chi connectivity index (χ1v) is 7.88. The molecule has 1 amide bonds. The molecule has 0 N–H and O–H groups in total. The highest BCUT2D eigenvalue weighted by Crippen LogP contribution is 2.37. The molecule has 114 valence electrons. The fourth-order valence-electron chi connectivity index (χ4n) is 3.16. The summed E-state index contributed by atoms with van der Waals surface area (Å²) in [6.45, 7) is 6.41. The Hall–Kier alpha value is -1.06. The zero-order valence-corrected chi connectivity index (χ0v) is 13.0. The second-order valence-electron chi connectivity index (χ2n) is 7.07. The summed E-state index contributed by atoms with van der Waals surface area (Å²) in [7, 11) is 0. The molecule has 4 heteroatoms. The van der Waals surface area contributed by atoms with Gasteiger partial charge in [0.1, 0.15) is 5.60 Å². The van der Waals surface area contributed by atoms with Crippen molar-refractivity contribution >= 4 is 11.9 Å². The lowest BCUT2D eigenvalue weighted by Crippen LogP contribution is -2.42. The Labute approximate surface area is 121 Å². The molecule has 20 heavy (non-hydrogen) atoms. The molecule has 2 fully saturated rings. The molecule has 4 nitrogen and oxygen atoms in total. The van der Waals surface area contributed by atoms with Crippen LogP contribution in [0.1, 0.15) is 65.7 Å². The van der Waals surface area contributed by atoms with Crippen molar-refractivity contribution in [3.05, 3.63) is 0 Å². The molecule has 1 saturated carbocycles. The zero-order chi connectivity index (χ0) is 14.8. The Morgan fingerprint density at radius 3 is 2.35 bits per heavy atom. The van der Waals surface area contributed by atoms with E-state index < -0.39 is 5.60 Å². The van der Waals surface area contributed by atoms with Gasteiger partial charge in [-0.05, 0) is 52.4 Å². The van der Waals surface area contributed by atoms with Crippen LogP contribution < -0.4 is 0 Å². The lowest BCUT2D eigenvalue weighted by atomic mass is 9.79. The van der Waals surface area contributed by atoms with E-state index in [1.54, 1.807) is 0 Å². The van der Waals surface area contributed by atoms with Crippen LogP contribution in [-0.2, 0) is 14.3 Å². The molecule has 1 heterocycles. The minimum absolute atomic E-state index is 0.130. The first-order valence-electron chi connectivity index (χ1n) is 7.88. The number of esters is 1. The van der Waals surface area contributed by atoms with E-state index in [2.05, 4.69) is 0 Å². The monoisotopic (exact) mass is 281 g/mol. The topological polar surface area (TPSA) is 46.6 Å². The normalized spacial score (nSPS) is 23.6. The van der Waals surface area contributed by atoms with E-state index in [-0.39, 0.29) is 24.7 Å². The lowest BCUT2D eigenvalue weighted by Gasteiger charge is -2.37. The molecule has 0 aromatic heterocycles. The van der Waals surface area contributed by atoms with Gasteiger partial charge in [0.2, 0.25) is 5.91 Å². The van der Waals surface area contributed by atoms with Crippen molar-refractivity contribution in [2.24, 2.45) is 5.92 Å². The third-order valence-corrected chi connectivity index (χ3v) is 4.28. The number of ether oxygens (including phenoxy) is 1. The van der Waals surface area contributed by atoms with Gasteiger partial charge in [-0.1, -0.05) is 6.42 Å². The molecule has 1 saturated heterocycles. The first kappa shape index (κ1) is 15.3. The molecule has 1 aliphatic heterocycles. The number of hydrogen-bond donors (Lipinski definition) is 0. The zero-order valence-electron chi connectivity index (χ0n) is 13.0. The maximum atomic E-state index is 12.3. The summed E-state index contributed by atoms with van der Waals surface area (Å²) in [6, 6.07) is 0.440. The lowest BCUT2D eigenvalue weighted by molar-refractivity contribution is -0.156. The predicted octanol–water partition coefficient (Wildman–Crippen LogP) is 2.90. The summed E-state index contributed by atoms with van der Waals surface area (Å²) in [5.41, 5.74) is -0.470. The molecule has 0 aromatic carbocycles. The Kier molecular flexibility index (Phi) is 4.71. The van der Waals surface area contributed by atoms with E-state index in [4.69, 9.17) is 4.74 Å². The molecule has 1 atom stereocenters. The minimum atomic E-state index is -0.470. The Morgan fingerprint density at radius 1 is 1.10 bits per heavy atom. The van der Waals surface area contributed by atoms with Gasteiger partial charge < -0.3 is 9.64 Å². The van der Waals surface area contributed by atoms with E-state index in [9.17, 15) is 9.59 Å². The van der Waals surface area contributed by atoms with Gasteiger partial charge in [-0.3, -0.25) is 9.59 Å². The average Bonchev–Trinajstić information content (AvgIpc) is 2.70. The fraction of sp³-hybridized carbons (Fsp3) is 0.875. The van der Waals surface area contributed by atoms with Crippen LogP contribution >= 0.6 is 0 Å². The van der Waals surface area contributed by atoms with Crippen LogP contribution in [0.2, 0.25) is 0 Å². The van der Waals surface area contributed by atoms with Crippen molar-refractivity contribution in [2.75, 3.05) is 6.54 Å². The molecule has 0 aromatic rings. The van der Waals surface area contributed by atoms with Crippen LogP contribution in [0.15, 0.2) is 0 Å². The van der Waals surface area contributed by atoms with Gasteiger partial charge in [0.15, 0.2) is 0 Å². The van der Waals surface area contributed by atoms with Crippen LogP contribution in [-0.4, -0.2) is 35.0 Å². The molecule has 1 aliphatic carbocycles. The molecule has 0 spiro atoms. The third kappa shape index (κ3) is 3.97. The van der Waals surface area contributed by atoms with Crippen LogP contribution in [0.3, 0.4) is 0 Å². The average molecular weight is 281 g/mol. The van der Waals surface area contributed by atoms with Gasteiger partial charge in [0.05, 0.1) is 6.42 Å². The number of nitrogens with zero attached hydrogens (tertiary/aromatic N) is 1. The summed E-state index contributed by atoms with van der Waals surface area (Å²) in [6.07, 6.45) is 6.58. The number of hydrogen-bond acceptors (Lipinski definition) is 3. The van der Waals surface area contributed by atoms with Crippen molar-refractivity contribution in [2.45, 2.75) is 77.4 Å². The van der Waals surface area contributed by atoms with Crippen LogP contribution in [0.4, 0.5) is 0 Å². The second-order valence-corrected chi connectivity index (χ2v) is 7.07. The number of carbonyl (C=O) groups is 2. The van der Waals surface area contributed by atoms with E-state index >= 15 is 0 Å². The van der Waals surface area contributed by atoms with E-state index in [1.807, 2.05) is 25.7 Å². The number of rotatable bonds is 4. The summed E-state index contributed by atoms with van der Waals surface area (Å²) in [5, 5.41) is 0. The fourth-order valence-corrected chi connectivity index (χ4v) is 3.16. The molecular formula is C16H27NO3. The second kappa shape index (κ2) is 6.15. The van der Waals surface area contributed by atoms with Gasteiger partial charge in [-0.2, -0.15) is 0 Å². The highest BCUT2D eigenvalue weighted by Gasteiger charge is 2.37. The van der Waals surface area contributed by atoms with Gasteiger partial charge in [0.25, 0.3) is 0 Å². The molecule has 2 aliphatic rings. The van der Waals surface area contributed by atoms with Crippen LogP contribution in [0, 0.1) is 5.92 Å².